The first-order valence-electron chi connectivity index (χ1n) is 7.04. The number of piperidine rings is 1. The third-order valence-corrected chi connectivity index (χ3v) is 4.22. The van der Waals surface area contributed by atoms with Gasteiger partial charge in [-0.25, -0.2) is 0 Å². The van der Waals surface area contributed by atoms with Crippen LogP contribution in [0.4, 0.5) is 0 Å². The number of nitrogens with one attached hydrogen (secondary N) is 2. The molecule has 100 valence electrons. The zero-order valence-electron chi connectivity index (χ0n) is 10.7. The summed E-state index contributed by atoms with van der Waals surface area (Å²) in [7, 11) is 0. The minimum atomic E-state index is -0.249. The molecule has 3 aliphatic rings. The number of rotatable bonds is 2. The second kappa shape index (κ2) is 4.88. The van der Waals surface area contributed by atoms with Gasteiger partial charge < -0.3 is 15.5 Å². The molecule has 1 amide bonds. The molecule has 5 heteroatoms. The van der Waals surface area contributed by atoms with Gasteiger partial charge in [0.1, 0.15) is 5.71 Å². The van der Waals surface area contributed by atoms with Gasteiger partial charge in [0.2, 0.25) is 0 Å². The maximum atomic E-state index is 12.1. The third kappa shape index (κ3) is 2.36. The van der Waals surface area contributed by atoms with Crippen LogP contribution in [0.25, 0.3) is 0 Å². The fraction of sp³-hybridized carbons (Fsp3) is 0.846. The van der Waals surface area contributed by atoms with Gasteiger partial charge >= 0.3 is 0 Å². The lowest BCUT2D eigenvalue weighted by Gasteiger charge is -2.30. The summed E-state index contributed by atoms with van der Waals surface area (Å²) in [4.78, 5) is 17.6. The molecule has 0 radical (unpaired) electrons. The molecule has 0 aromatic rings. The Morgan fingerprint density at radius 3 is 2.94 bits per heavy atom. The summed E-state index contributed by atoms with van der Waals surface area (Å²) in [6.45, 7) is 1.84. The fourth-order valence-electron chi connectivity index (χ4n) is 3.15. The second-order valence-electron chi connectivity index (χ2n) is 5.72. The van der Waals surface area contributed by atoms with Crippen LogP contribution < -0.4 is 10.6 Å². The predicted molar refractivity (Wildman–Crippen MR) is 68.4 cm³/mol. The molecular weight excluding hydrogens is 230 g/mol. The predicted octanol–water partition coefficient (Wildman–Crippen LogP) is 0.944. The number of carbonyl (C=O) groups is 1. The van der Waals surface area contributed by atoms with Gasteiger partial charge in [-0.3, -0.25) is 4.79 Å². The van der Waals surface area contributed by atoms with E-state index >= 15 is 0 Å². The van der Waals surface area contributed by atoms with Gasteiger partial charge in [-0.05, 0) is 32.2 Å². The summed E-state index contributed by atoms with van der Waals surface area (Å²) in [5, 5.41) is 10.4. The Labute approximate surface area is 107 Å². The molecule has 2 aliphatic heterocycles. The highest BCUT2D eigenvalue weighted by Gasteiger charge is 2.42. The van der Waals surface area contributed by atoms with E-state index in [1.807, 2.05) is 0 Å². The quantitative estimate of drug-likeness (QED) is 0.768. The average molecular weight is 251 g/mol. The van der Waals surface area contributed by atoms with Crippen molar-refractivity contribution in [2.75, 3.05) is 13.1 Å². The van der Waals surface area contributed by atoms with Crippen LogP contribution in [0.3, 0.4) is 0 Å². The van der Waals surface area contributed by atoms with Crippen LogP contribution in [0, 0.1) is 0 Å². The highest BCUT2D eigenvalue weighted by Crippen LogP contribution is 2.30. The molecule has 0 aromatic heterocycles. The Hall–Kier alpha value is -1.10. The SMILES string of the molecule is O=C(NC1CCCC1)C1=NO[C@]2(CCCNC2)C1. The second-order valence-corrected chi connectivity index (χ2v) is 5.72. The summed E-state index contributed by atoms with van der Waals surface area (Å²) in [5.41, 5.74) is 0.325. The van der Waals surface area contributed by atoms with Crippen LogP contribution in [0.1, 0.15) is 44.9 Å². The molecule has 18 heavy (non-hydrogen) atoms. The van der Waals surface area contributed by atoms with Crippen LogP contribution >= 0.6 is 0 Å². The summed E-state index contributed by atoms with van der Waals surface area (Å²) in [5.74, 6) is -0.0238. The van der Waals surface area contributed by atoms with E-state index in [-0.39, 0.29) is 11.5 Å². The van der Waals surface area contributed by atoms with Crippen LogP contribution in [-0.2, 0) is 9.63 Å². The minimum absolute atomic E-state index is 0.0238. The normalized spacial score (nSPS) is 32.3. The highest BCUT2D eigenvalue weighted by atomic mass is 16.7. The summed E-state index contributed by atoms with van der Waals surface area (Å²) in [6, 6.07) is 0.348. The molecule has 1 atom stereocenters. The lowest BCUT2D eigenvalue weighted by Crippen LogP contribution is -2.47. The van der Waals surface area contributed by atoms with Crippen molar-refractivity contribution in [1.82, 2.24) is 10.6 Å². The zero-order chi connectivity index (χ0) is 12.4. The van der Waals surface area contributed by atoms with Gasteiger partial charge in [0.25, 0.3) is 5.91 Å². The molecular formula is C13H21N3O2. The number of carbonyl (C=O) groups excluding carboxylic acids is 1. The molecule has 2 N–H and O–H groups in total. The van der Waals surface area contributed by atoms with Crippen LogP contribution in [-0.4, -0.2) is 36.4 Å². The topological polar surface area (TPSA) is 62.7 Å². The molecule has 3 rings (SSSR count). The van der Waals surface area contributed by atoms with Crippen LogP contribution in [0.2, 0.25) is 0 Å². The van der Waals surface area contributed by atoms with Crippen LogP contribution in [0.5, 0.6) is 0 Å². The van der Waals surface area contributed by atoms with Crippen molar-refractivity contribution in [2.45, 2.75) is 56.6 Å². The van der Waals surface area contributed by atoms with Crippen molar-refractivity contribution < 1.29 is 9.63 Å². The first-order valence-corrected chi connectivity index (χ1v) is 7.04. The summed E-state index contributed by atoms with van der Waals surface area (Å²) in [6.07, 6.45) is 7.39. The van der Waals surface area contributed by atoms with Gasteiger partial charge in [-0.1, -0.05) is 18.0 Å². The lowest BCUT2D eigenvalue weighted by atomic mass is 9.89. The number of nitrogens with zero attached hydrogens (tertiary/aromatic N) is 1. The standard InChI is InChI=1S/C13H21N3O2/c17-12(15-10-4-1-2-5-10)11-8-13(18-16-11)6-3-7-14-9-13/h10,14H,1-9H2,(H,15,17)/t13-/m1/s1. The van der Waals surface area contributed by atoms with E-state index in [9.17, 15) is 4.79 Å². The van der Waals surface area contributed by atoms with E-state index < -0.39 is 0 Å². The molecule has 0 aromatic carbocycles. The van der Waals surface area contributed by atoms with Crippen molar-refractivity contribution >= 4 is 11.6 Å². The maximum Gasteiger partial charge on any atom is 0.269 e. The van der Waals surface area contributed by atoms with E-state index in [0.29, 0.717) is 18.2 Å². The van der Waals surface area contributed by atoms with Crippen molar-refractivity contribution in [1.29, 1.82) is 0 Å². The number of amides is 1. The monoisotopic (exact) mass is 251 g/mol. The molecule has 2 heterocycles. The number of hydrogen-bond acceptors (Lipinski definition) is 4. The molecule has 1 aliphatic carbocycles. The Kier molecular flexibility index (Phi) is 3.24. The van der Waals surface area contributed by atoms with Crippen molar-refractivity contribution in [3.05, 3.63) is 0 Å². The van der Waals surface area contributed by atoms with E-state index in [2.05, 4.69) is 15.8 Å². The van der Waals surface area contributed by atoms with Gasteiger partial charge in [0.15, 0.2) is 5.60 Å². The Morgan fingerprint density at radius 1 is 1.39 bits per heavy atom. The first kappa shape index (κ1) is 12.0. The average Bonchev–Trinajstić information content (AvgIpc) is 3.01. The molecule has 1 saturated heterocycles. The minimum Gasteiger partial charge on any atom is -0.387 e. The first-order chi connectivity index (χ1) is 8.77. The molecule has 1 saturated carbocycles. The Balaban J connectivity index is 1.55. The van der Waals surface area contributed by atoms with Gasteiger partial charge in [0.05, 0.1) is 0 Å². The van der Waals surface area contributed by atoms with Crippen molar-refractivity contribution in [3.8, 4) is 0 Å². The van der Waals surface area contributed by atoms with Crippen molar-refractivity contribution in [2.24, 2.45) is 5.16 Å². The lowest BCUT2D eigenvalue weighted by molar-refractivity contribution is -0.115. The molecule has 0 unspecified atom stereocenters. The van der Waals surface area contributed by atoms with E-state index in [4.69, 9.17) is 4.84 Å². The summed E-state index contributed by atoms with van der Waals surface area (Å²) < 4.78 is 0. The largest absolute Gasteiger partial charge is 0.387 e. The van der Waals surface area contributed by atoms with E-state index in [1.165, 1.54) is 12.8 Å². The molecule has 1 spiro atoms. The Bertz CT molecular complexity index is 355. The van der Waals surface area contributed by atoms with Crippen molar-refractivity contribution in [3.63, 3.8) is 0 Å². The highest BCUT2D eigenvalue weighted by molar-refractivity contribution is 6.39. The van der Waals surface area contributed by atoms with Gasteiger partial charge in [0, 0.05) is 19.0 Å². The molecule has 0 bridgehead atoms. The molecule has 5 nitrogen and oxygen atoms in total. The van der Waals surface area contributed by atoms with Gasteiger partial charge in [-0.2, -0.15) is 0 Å². The van der Waals surface area contributed by atoms with E-state index in [1.54, 1.807) is 0 Å². The van der Waals surface area contributed by atoms with E-state index in [0.717, 1.165) is 38.8 Å². The smallest absolute Gasteiger partial charge is 0.269 e. The third-order valence-electron chi connectivity index (χ3n) is 4.22. The fourth-order valence-corrected chi connectivity index (χ4v) is 3.15. The number of oxime groups is 1. The Morgan fingerprint density at radius 2 is 2.22 bits per heavy atom. The molecule has 2 fully saturated rings. The van der Waals surface area contributed by atoms with Crippen LogP contribution in [0.15, 0.2) is 5.16 Å². The number of hydrogen-bond donors (Lipinski definition) is 2. The summed E-state index contributed by atoms with van der Waals surface area (Å²) >= 11 is 0. The zero-order valence-corrected chi connectivity index (χ0v) is 10.7. The maximum absolute atomic E-state index is 12.1. The van der Waals surface area contributed by atoms with Gasteiger partial charge in [-0.15, -0.1) is 0 Å².